The van der Waals surface area contributed by atoms with E-state index in [0.29, 0.717) is 5.02 Å². The minimum absolute atomic E-state index is 0.641. The third-order valence-electron chi connectivity index (χ3n) is 1.86. The summed E-state index contributed by atoms with van der Waals surface area (Å²) in [4.78, 5) is 8.54. The van der Waals surface area contributed by atoms with Crippen molar-refractivity contribution in [3.63, 3.8) is 0 Å². The summed E-state index contributed by atoms with van der Waals surface area (Å²) in [5.41, 5.74) is 1.11. The van der Waals surface area contributed by atoms with Gasteiger partial charge >= 0.3 is 0 Å². The van der Waals surface area contributed by atoms with E-state index in [9.17, 15) is 0 Å². The van der Waals surface area contributed by atoms with Gasteiger partial charge in [-0.25, -0.2) is 9.97 Å². The molecule has 0 radical (unpaired) electrons. The van der Waals surface area contributed by atoms with Crippen molar-refractivity contribution >= 4 is 39.3 Å². The molecular weight excluding hydrogens is 308 g/mol. The molecular formula is C11H8BrClN2S. The zero-order valence-corrected chi connectivity index (χ0v) is 11.6. The van der Waals surface area contributed by atoms with Gasteiger partial charge in [-0.2, -0.15) is 0 Å². The fourth-order valence-electron chi connectivity index (χ4n) is 1.13. The number of rotatable bonds is 2. The van der Waals surface area contributed by atoms with Crippen molar-refractivity contribution in [2.24, 2.45) is 0 Å². The van der Waals surface area contributed by atoms with E-state index in [1.54, 1.807) is 6.20 Å². The SMILES string of the molecule is Cc1cnc(Sc2ncccc2Cl)c(Br)c1. The Labute approximate surface area is 112 Å². The maximum absolute atomic E-state index is 6.03. The van der Waals surface area contributed by atoms with Crippen molar-refractivity contribution in [2.45, 2.75) is 17.0 Å². The Morgan fingerprint density at radius 3 is 2.81 bits per heavy atom. The number of pyridine rings is 2. The number of hydrogen-bond acceptors (Lipinski definition) is 3. The molecule has 0 aliphatic rings. The molecule has 0 bridgehead atoms. The molecule has 2 nitrogen and oxygen atoms in total. The zero-order chi connectivity index (χ0) is 11.5. The van der Waals surface area contributed by atoms with Crippen molar-refractivity contribution in [3.05, 3.63) is 45.7 Å². The molecule has 16 heavy (non-hydrogen) atoms. The van der Waals surface area contributed by atoms with Gasteiger partial charge in [-0.3, -0.25) is 0 Å². The summed E-state index contributed by atoms with van der Waals surface area (Å²) in [6, 6.07) is 5.65. The molecule has 0 N–H and O–H groups in total. The highest BCUT2D eigenvalue weighted by molar-refractivity contribution is 9.10. The maximum Gasteiger partial charge on any atom is 0.121 e. The monoisotopic (exact) mass is 314 g/mol. The summed E-state index contributed by atoms with van der Waals surface area (Å²) in [6.45, 7) is 2.00. The lowest BCUT2D eigenvalue weighted by Crippen LogP contribution is -1.86. The van der Waals surface area contributed by atoms with Crippen molar-refractivity contribution in [1.29, 1.82) is 0 Å². The highest BCUT2D eigenvalue weighted by Gasteiger charge is 2.08. The van der Waals surface area contributed by atoms with Crippen molar-refractivity contribution in [2.75, 3.05) is 0 Å². The second kappa shape index (κ2) is 5.17. The van der Waals surface area contributed by atoms with Crippen LogP contribution in [-0.4, -0.2) is 9.97 Å². The molecule has 0 saturated heterocycles. The number of aromatic nitrogens is 2. The van der Waals surface area contributed by atoms with Crippen LogP contribution in [0.3, 0.4) is 0 Å². The van der Waals surface area contributed by atoms with Crippen LogP contribution in [0.15, 0.2) is 45.1 Å². The molecule has 2 rings (SSSR count). The van der Waals surface area contributed by atoms with Gasteiger partial charge in [0.2, 0.25) is 0 Å². The van der Waals surface area contributed by atoms with Crippen LogP contribution in [-0.2, 0) is 0 Å². The van der Waals surface area contributed by atoms with E-state index in [0.717, 1.165) is 20.1 Å². The second-order valence-corrected chi connectivity index (χ2v) is 5.43. The lowest BCUT2D eigenvalue weighted by Gasteiger charge is -2.04. The largest absolute Gasteiger partial charge is 0.248 e. The molecule has 0 spiro atoms. The van der Waals surface area contributed by atoms with Crippen molar-refractivity contribution < 1.29 is 0 Å². The average molecular weight is 316 g/mol. The molecule has 5 heteroatoms. The number of halogens is 2. The van der Waals surface area contributed by atoms with Gasteiger partial charge in [0.25, 0.3) is 0 Å². The van der Waals surface area contributed by atoms with E-state index in [1.165, 1.54) is 11.8 Å². The Morgan fingerprint density at radius 2 is 2.12 bits per heavy atom. The van der Waals surface area contributed by atoms with E-state index in [2.05, 4.69) is 25.9 Å². The Morgan fingerprint density at radius 1 is 1.31 bits per heavy atom. The highest BCUT2D eigenvalue weighted by Crippen LogP contribution is 2.34. The third-order valence-corrected chi connectivity index (χ3v) is 4.18. The Hall–Kier alpha value is -0.580. The summed E-state index contributed by atoms with van der Waals surface area (Å²) in [7, 11) is 0. The molecule has 0 aliphatic heterocycles. The van der Waals surface area contributed by atoms with E-state index in [1.807, 2.05) is 31.3 Å². The average Bonchev–Trinajstić information content (AvgIpc) is 2.25. The summed E-state index contributed by atoms with van der Waals surface area (Å²) in [6.07, 6.45) is 3.54. The molecule has 0 atom stereocenters. The predicted molar refractivity (Wildman–Crippen MR) is 70.0 cm³/mol. The van der Waals surface area contributed by atoms with Gasteiger partial charge < -0.3 is 0 Å². The van der Waals surface area contributed by atoms with E-state index >= 15 is 0 Å². The lowest BCUT2D eigenvalue weighted by molar-refractivity contribution is 1.06. The maximum atomic E-state index is 6.03. The van der Waals surface area contributed by atoms with Gasteiger partial charge in [0.1, 0.15) is 10.1 Å². The summed E-state index contributed by atoms with van der Waals surface area (Å²) in [5, 5.41) is 2.27. The quantitative estimate of drug-likeness (QED) is 0.824. The van der Waals surface area contributed by atoms with Crippen molar-refractivity contribution in [1.82, 2.24) is 9.97 Å². The number of aryl methyl sites for hydroxylation is 1. The zero-order valence-electron chi connectivity index (χ0n) is 8.45. The van der Waals surface area contributed by atoms with Crippen LogP contribution >= 0.6 is 39.3 Å². The summed E-state index contributed by atoms with van der Waals surface area (Å²) in [5.74, 6) is 0. The molecule has 0 fully saturated rings. The van der Waals surface area contributed by atoms with Gasteiger partial charge in [0, 0.05) is 12.4 Å². The van der Waals surface area contributed by atoms with Crippen LogP contribution in [0.5, 0.6) is 0 Å². The molecule has 0 aromatic carbocycles. The highest BCUT2D eigenvalue weighted by atomic mass is 79.9. The van der Waals surface area contributed by atoms with Gasteiger partial charge in [0.05, 0.1) is 9.50 Å². The lowest BCUT2D eigenvalue weighted by atomic mass is 10.3. The third kappa shape index (κ3) is 2.75. The van der Waals surface area contributed by atoms with Gasteiger partial charge in [0.15, 0.2) is 0 Å². The Balaban J connectivity index is 2.31. The second-order valence-electron chi connectivity index (χ2n) is 3.19. The first-order valence-electron chi connectivity index (χ1n) is 4.57. The fraction of sp³-hybridized carbons (Fsp3) is 0.0909. The molecule has 2 heterocycles. The Bertz CT molecular complexity index is 519. The van der Waals surface area contributed by atoms with Crippen LogP contribution in [0.4, 0.5) is 0 Å². The van der Waals surface area contributed by atoms with E-state index in [4.69, 9.17) is 11.6 Å². The van der Waals surface area contributed by atoms with Gasteiger partial charge in [-0.05, 0) is 58.4 Å². The first-order chi connectivity index (χ1) is 7.66. The molecule has 0 unspecified atom stereocenters. The topological polar surface area (TPSA) is 25.8 Å². The Kier molecular flexibility index (Phi) is 3.84. The van der Waals surface area contributed by atoms with Crippen LogP contribution in [0.2, 0.25) is 5.02 Å². The summed E-state index contributed by atoms with van der Waals surface area (Å²) >= 11 is 11.0. The first-order valence-corrected chi connectivity index (χ1v) is 6.56. The van der Waals surface area contributed by atoms with Gasteiger partial charge in [-0.1, -0.05) is 11.6 Å². The van der Waals surface area contributed by atoms with E-state index < -0.39 is 0 Å². The normalized spacial score (nSPS) is 10.4. The van der Waals surface area contributed by atoms with Crippen molar-refractivity contribution in [3.8, 4) is 0 Å². The van der Waals surface area contributed by atoms with Crippen LogP contribution in [0, 0.1) is 6.92 Å². The van der Waals surface area contributed by atoms with Crippen LogP contribution in [0.25, 0.3) is 0 Å². The summed E-state index contributed by atoms with van der Waals surface area (Å²) < 4.78 is 0.958. The fourth-order valence-corrected chi connectivity index (χ4v) is 2.80. The standard InChI is InChI=1S/C11H8BrClN2S/c1-7-5-8(12)10(15-6-7)16-11-9(13)3-2-4-14-11/h2-6H,1H3. The number of nitrogens with zero attached hydrogens (tertiary/aromatic N) is 2. The molecule has 82 valence electrons. The van der Waals surface area contributed by atoms with Gasteiger partial charge in [-0.15, -0.1) is 0 Å². The van der Waals surface area contributed by atoms with Crippen LogP contribution in [0.1, 0.15) is 5.56 Å². The molecule has 0 amide bonds. The molecule has 0 saturated carbocycles. The molecule has 2 aromatic rings. The first kappa shape index (κ1) is 11.9. The predicted octanol–water partition coefficient (Wildman–Crippen LogP) is 4.35. The number of hydrogen-bond donors (Lipinski definition) is 0. The molecule has 0 aliphatic carbocycles. The van der Waals surface area contributed by atoms with E-state index in [-0.39, 0.29) is 0 Å². The molecule has 2 aromatic heterocycles. The minimum Gasteiger partial charge on any atom is -0.248 e. The minimum atomic E-state index is 0.641. The van der Waals surface area contributed by atoms with Crippen LogP contribution < -0.4 is 0 Å². The smallest absolute Gasteiger partial charge is 0.121 e.